The molecule has 6 rings (SSSR count). The first-order valence-corrected chi connectivity index (χ1v) is 12.4. The van der Waals surface area contributed by atoms with E-state index in [1.807, 2.05) is 38.1 Å². The molecule has 3 aliphatic heterocycles. The maximum absolute atomic E-state index is 13.0. The number of quaternary nitrogens is 1. The Bertz CT molecular complexity index is 1340. The first kappa shape index (κ1) is 23.1. The number of amides is 1. The van der Waals surface area contributed by atoms with E-state index in [1.165, 1.54) is 5.56 Å². The minimum Gasteiger partial charge on any atom is -0.384 e. The average Bonchev–Trinajstić information content (AvgIpc) is 3.40. The number of benzene rings is 2. The zero-order chi connectivity index (χ0) is 25.0. The zero-order valence-electron chi connectivity index (χ0n) is 20.6. The minimum atomic E-state index is -0.199. The summed E-state index contributed by atoms with van der Waals surface area (Å²) < 4.78 is 11.8. The van der Waals surface area contributed by atoms with Crippen LogP contribution >= 0.6 is 0 Å². The van der Waals surface area contributed by atoms with Gasteiger partial charge in [0.05, 0.1) is 13.2 Å². The molecule has 3 aromatic rings. The predicted octanol–water partition coefficient (Wildman–Crippen LogP) is 3.47. The number of aryl methyl sites for hydroxylation is 2. The van der Waals surface area contributed by atoms with Crippen LogP contribution in [-0.4, -0.2) is 47.0 Å². The van der Waals surface area contributed by atoms with Crippen LogP contribution in [0.25, 0.3) is 0 Å². The minimum absolute atomic E-state index is 0.00286. The summed E-state index contributed by atoms with van der Waals surface area (Å²) in [5.41, 5.74) is 14.8. The number of nitrogen functional groups attached to an aromatic ring is 1. The number of anilines is 1. The van der Waals surface area contributed by atoms with Crippen LogP contribution in [0.2, 0.25) is 0 Å². The maximum Gasteiger partial charge on any atom is 0.251 e. The van der Waals surface area contributed by atoms with Gasteiger partial charge in [-0.05, 0) is 71.5 Å². The first-order valence-electron chi connectivity index (χ1n) is 12.4. The van der Waals surface area contributed by atoms with Crippen molar-refractivity contribution in [3.63, 3.8) is 0 Å². The molecular weight excluding hydrogens is 456 g/mol. The highest BCUT2D eigenvalue weighted by Gasteiger charge is 2.43. The van der Waals surface area contributed by atoms with Gasteiger partial charge < -0.3 is 20.5 Å². The van der Waals surface area contributed by atoms with Gasteiger partial charge >= 0.3 is 0 Å². The lowest BCUT2D eigenvalue weighted by Crippen LogP contribution is -2.51. The van der Waals surface area contributed by atoms with Crippen molar-refractivity contribution >= 4 is 11.7 Å². The van der Waals surface area contributed by atoms with Crippen LogP contribution in [0.4, 0.5) is 5.82 Å². The second kappa shape index (κ2) is 8.67. The Morgan fingerprint density at radius 2 is 1.75 bits per heavy atom. The van der Waals surface area contributed by atoms with Gasteiger partial charge in [-0.1, -0.05) is 18.2 Å². The number of rotatable bonds is 5. The Balaban J connectivity index is 1.21. The van der Waals surface area contributed by atoms with Gasteiger partial charge in [0, 0.05) is 23.4 Å². The number of pyridine rings is 1. The number of fused-ring (bicyclic) bond motifs is 8. The van der Waals surface area contributed by atoms with Crippen molar-refractivity contribution in [3.05, 3.63) is 92.7 Å². The van der Waals surface area contributed by atoms with E-state index in [4.69, 9.17) is 15.2 Å². The molecule has 0 radical (unpaired) electrons. The van der Waals surface area contributed by atoms with Crippen molar-refractivity contribution in [2.75, 3.05) is 32.0 Å². The number of hydroxylamine groups is 3. The smallest absolute Gasteiger partial charge is 0.251 e. The molecule has 1 fully saturated rings. The lowest BCUT2D eigenvalue weighted by atomic mass is 9.84. The number of aromatic nitrogens is 1. The molecule has 2 atom stereocenters. The number of hydrogen-bond acceptors (Lipinski definition) is 6. The van der Waals surface area contributed by atoms with E-state index in [2.05, 4.69) is 28.5 Å². The van der Waals surface area contributed by atoms with Crippen molar-refractivity contribution in [3.8, 4) is 0 Å². The summed E-state index contributed by atoms with van der Waals surface area (Å²) in [5, 5.41) is 13.9. The molecule has 2 bridgehead atoms. The monoisotopic (exact) mass is 487 g/mol. The summed E-state index contributed by atoms with van der Waals surface area (Å²) in [5.74, 6) is 0.349. The van der Waals surface area contributed by atoms with Crippen LogP contribution in [0.5, 0.6) is 0 Å². The second-order valence-electron chi connectivity index (χ2n) is 10.1. The number of nitrogens with one attached hydrogen (secondary N) is 1. The third-order valence-electron chi connectivity index (χ3n) is 7.68. The van der Waals surface area contributed by atoms with Crippen LogP contribution in [-0.2, 0) is 22.6 Å². The molecule has 36 heavy (non-hydrogen) atoms. The van der Waals surface area contributed by atoms with Gasteiger partial charge in [-0.3, -0.25) is 4.79 Å². The van der Waals surface area contributed by atoms with E-state index in [1.54, 1.807) is 0 Å². The molecule has 0 spiro atoms. The largest absolute Gasteiger partial charge is 0.384 e. The quantitative estimate of drug-likeness (QED) is 0.476. The SMILES string of the molecule is Cc1cc(N)nc(C)c1CNC(=O)c1ccc2c(c1)C1OC2c2ccc(C[N+]3(O)CCOCC3)cc21. The Morgan fingerprint density at radius 3 is 2.50 bits per heavy atom. The van der Waals surface area contributed by atoms with Gasteiger partial charge in [0.1, 0.15) is 37.7 Å². The average molecular weight is 488 g/mol. The number of nitrogens with two attached hydrogens (primary N) is 1. The number of carbonyl (C=O) groups excluding carboxylic acids is 1. The predicted molar refractivity (Wildman–Crippen MR) is 133 cm³/mol. The number of carbonyl (C=O) groups is 1. The van der Waals surface area contributed by atoms with Gasteiger partial charge in [-0.25, -0.2) is 10.2 Å². The zero-order valence-corrected chi connectivity index (χ0v) is 20.6. The van der Waals surface area contributed by atoms with E-state index >= 15 is 0 Å². The molecule has 2 aromatic carbocycles. The summed E-state index contributed by atoms with van der Waals surface area (Å²) in [7, 11) is 0. The molecule has 3 aliphatic rings. The molecule has 1 amide bonds. The maximum atomic E-state index is 13.0. The van der Waals surface area contributed by atoms with Gasteiger partial charge in [-0.15, -0.1) is 0 Å². The molecule has 4 heterocycles. The third kappa shape index (κ3) is 3.96. The molecule has 1 aromatic heterocycles. The Labute approximate surface area is 210 Å². The van der Waals surface area contributed by atoms with Crippen molar-refractivity contribution in [2.45, 2.75) is 39.1 Å². The number of hydrogen-bond donors (Lipinski definition) is 3. The Kier molecular flexibility index (Phi) is 5.57. The molecule has 0 aliphatic carbocycles. The van der Waals surface area contributed by atoms with Crippen LogP contribution in [0.1, 0.15) is 67.2 Å². The van der Waals surface area contributed by atoms with E-state index in [-0.39, 0.29) is 22.8 Å². The van der Waals surface area contributed by atoms with Gasteiger partial charge in [0.2, 0.25) is 0 Å². The normalized spacial score (nSPS) is 21.2. The van der Waals surface area contributed by atoms with Crippen LogP contribution in [0.15, 0.2) is 42.5 Å². The molecule has 8 nitrogen and oxygen atoms in total. The topological polar surface area (TPSA) is 107 Å². The lowest BCUT2D eigenvalue weighted by Gasteiger charge is -2.33. The summed E-state index contributed by atoms with van der Waals surface area (Å²) >= 11 is 0. The summed E-state index contributed by atoms with van der Waals surface area (Å²) in [6, 6.07) is 14.0. The van der Waals surface area contributed by atoms with Gasteiger partial charge in [0.15, 0.2) is 0 Å². The molecule has 1 saturated heterocycles. The molecule has 8 heteroatoms. The van der Waals surface area contributed by atoms with Crippen LogP contribution in [0.3, 0.4) is 0 Å². The van der Waals surface area contributed by atoms with E-state index in [0.717, 1.165) is 39.1 Å². The fraction of sp³-hybridized carbons (Fsp3) is 0.357. The summed E-state index contributed by atoms with van der Waals surface area (Å²) in [6.07, 6.45) is -0.312. The molecule has 0 saturated carbocycles. The van der Waals surface area contributed by atoms with Crippen molar-refractivity contribution in [1.82, 2.24) is 10.3 Å². The second-order valence-corrected chi connectivity index (χ2v) is 10.1. The number of morpholine rings is 1. The van der Waals surface area contributed by atoms with E-state index in [9.17, 15) is 10.0 Å². The molecular formula is C28H31N4O4+. The number of nitrogens with zero attached hydrogens (tertiary/aromatic N) is 2. The van der Waals surface area contributed by atoms with E-state index < -0.39 is 0 Å². The highest BCUT2D eigenvalue weighted by Crippen LogP contribution is 2.54. The van der Waals surface area contributed by atoms with Crippen LogP contribution in [0, 0.1) is 13.8 Å². The fourth-order valence-electron chi connectivity index (χ4n) is 5.74. The van der Waals surface area contributed by atoms with Crippen LogP contribution < -0.4 is 11.1 Å². The van der Waals surface area contributed by atoms with Crippen molar-refractivity contribution < 1.29 is 24.1 Å². The highest BCUT2D eigenvalue weighted by molar-refractivity contribution is 5.94. The van der Waals surface area contributed by atoms with Gasteiger partial charge in [-0.2, -0.15) is 4.65 Å². The third-order valence-corrected chi connectivity index (χ3v) is 7.68. The summed E-state index contributed by atoms with van der Waals surface area (Å²) in [6.45, 7) is 7.13. The molecule has 4 N–H and O–H groups in total. The first-order chi connectivity index (χ1) is 17.3. The summed E-state index contributed by atoms with van der Waals surface area (Å²) in [4.78, 5) is 17.3. The standard InChI is InChI=1S/C28H30N4O4/c1-16-11-25(29)31-17(2)24(16)14-30-28(33)19-4-6-21-23(13-19)27-22-12-18(3-5-20(22)26(21)36-27)15-32(34)7-9-35-10-8-32/h3-6,11-13,26-27,34H,7-10,14-15H2,1-2H3,(H2-,29,30,31,33)/p+1. The van der Waals surface area contributed by atoms with Crippen molar-refractivity contribution in [1.29, 1.82) is 0 Å². The van der Waals surface area contributed by atoms with Crippen molar-refractivity contribution in [2.24, 2.45) is 0 Å². The fourth-order valence-corrected chi connectivity index (χ4v) is 5.74. The molecule has 186 valence electrons. The lowest BCUT2D eigenvalue weighted by molar-refractivity contribution is -1.12. The Hall–Kier alpha value is -3.30. The Morgan fingerprint density at radius 1 is 1.06 bits per heavy atom. The van der Waals surface area contributed by atoms with Gasteiger partial charge in [0.25, 0.3) is 5.91 Å². The highest BCUT2D eigenvalue weighted by atomic mass is 16.6. The van der Waals surface area contributed by atoms with E-state index in [0.29, 0.717) is 50.8 Å². The number of ether oxygens (including phenoxy) is 2. The molecule has 2 unspecified atom stereocenters.